The number of rotatable bonds is 3. The summed E-state index contributed by atoms with van der Waals surface area (Å²) in [5.74, 6) is 1.21. The smallest absolute Gasteiger partial charge is 0.0862 e. The predicted molar refractivity (Wildman–Crippen MR) is 75.4 cm³/mol. The summed E-state index contributed by atoms with van der Waals surface area (Å²) in [5, 5.41) is 12.0. The highest BCUT2D eigenvalue weighted by molar-refractivity contribution is 5.30. The first kappa shape index (κ1) is 12.4. The van der Waals surface area contributed by atoms with E-state index < -0.39 is 0 Å². The van der Waals surface area contributed by atoms with Gasteiger partial charge in [0.05, 0.1) is 17.6 Å². The maximum atomic E-state index is 4.36. The lowest BCUT2D eigenvalue weighted by atomic mass is 9.84. The molecule has 1 N–H and O–H groups in total. The third-order valence-electron chi connectivity index (χ3n) is 4.09. The summed E-state index contributed by atoms with van der Waals surface area (Å²) >= 11 is 0. The monoisotopic (exact) mass is 256 g/mol. The molecule has 0 spiro atoms. The summed E-state index contributed by atoms with van der Waals surface area (Å²) < 4.78 is 1.87. The molecule has 4 nitrogen and oxygen atoms in total. The van der Waals surface area contributed by atoms with Gasteiger partial charge in [-0.1, -0.05) is 30.3 Å². The summed E-state index contributed by atoms with van der Waals surface area (Å²) in [6.07, 6.45) is 4.54. The number of para-hydroxylation sites is 1. The van der Waals surface area contributed by atoms with Crippen LogP contribution in [0.3, 0.4) is 0 Å². The Bertz CT molecular complexity index is 514. The zero-order valence-electron chi connectivity index (χ0n) is 11.3. The average Bonchev–Trinajstić information content (AvgIpc) is 2.98. The fourth-order valence-electron chi connectivity index (χ4n) is 2.78. The Hall–Kier alpha value is -1.68. The van der Waals surface area contributed by atoms with Gasteiger partial charge in [-0.2, -0.15) is 0 Å². The van der Waals surface area contributed by atoms with Crippen LogP contribution in [0, 0.1) is 5.92 Å². The van der Waals surface area contributed by atoms with Crippen molar-refractivity contribution in [2.24, 2.45) is 5.92 Å². The van der Waals surface area contributed by atoms with Gasteiger partial charge in [-0.05, 0) is 44.0 Å². The van der Waals surface area contributed by atoms with Crippen LogP contribution in [0.25, 0.3) is 5.69 Å². The van der Waals surface area contributed by atoms with E-state index in [1.165, 1.54) is 12.8 Å². The van der Waals surface area contributed by atoms with Gasteiger partial charge in [0, 0.05) is 5.92 Å². The zero-order valence-corrected chi connectivity index (χ0v) is 11.3. The van der Waals surface area contributed by atoms with Crippen LogP contribution in [0.4, 0.5) is 0 Å². The molecule has 2 aromatic rings. The second kappa shape index (κ2) is 5.53. The molecule has 1 atom stereocenters. The minimum absolute atomic E-state index is 0.486. The van der Waals surface area contributed by atoms with E-state index >= 15 is 0 Å². The number of hydrogen-bond donors (Lipinski definition) is 1. The molecule has 4 heteroatoms. The molecule has 1 unspecified atom stereocenters. The fraction of sp³-hybridized carbons (Fsp3) is 0.467. The molecule has 2 heterocycles. The zero-order chi connectivity index (χ0) is 13.1. The molecule has 3 rings (SSSR count). The van der Waals surface area contributed by atoms with Gasteiger partial charge >= 0.3 is 0 Å². The van der Waals surface area contributed by atoms with Crippen molar-refractivity contribution < 1.29 is 0 Å². The molecule has 0 saturated carbocycles. The molecule has 1 saturated heterocycles. The van der Waals surface area contributed by atoms with Gasteiger partial charge in [0.2, 0.25) is 0 Å². The Labute approximate surface area is 113 Å². The third kappa shape index (κ3) is 2.68. The number of piperidine rings is 1. The number of benzene rings is 1. The maximum Gasteiger partial charge on any atom is 0.0862 e. The van der Waals surface area contributed by atoms with Gasteiger partial charge in [0.25, 0.3) is 0 Å². The molecule has 1 aromatic carbocycles. The number of hydrogen-bond acceptors (Lipinski definition) is 3. The van der Waals surface area contributed by atoms with Crippen LogP contribution in [0.2, 0.25) is 0 Å². The third-order valence-corrected chi connectivity index (χ3v) is 4.09. The van der Waals surface area contributed by atoms with E-state index in [0.29, 0.717) is 5.92 Å². The quantitative estimate of drug-likeness (QED) is 0.916. The molecule has 0 amide bonds. The summed E-state index contributed by atoms with van der Waals surface area (Å²) in [7, 11) is 0. The van der Waals surface area contributed by atoms with Crippen molar-refractivity contribution >= 4 is 0 Å². The van der Waals surface area contributed by atoms with Gasteiger partial charge in [0.15, 0.2) is 0 Å². The molecule has 0 radical (unpaired) electrons. The van der Waals surface area contributed by atoms with Gasteiger partial charge < -0.3 is 5.32 Å². The highest BCUT2D eigenvalue weighted by Gasteiger charge is 2.23. The topological polar surface area (TPSA) is 42.7 Å². The van der Waals surface area contributed by atoms with E-state index in [9.17, 15) is 0 Å². The van der Waals surface area contributed by atoms with Crippen LogP contribution in [0.15, 0.2) is 36.5 Å². The molecule has 100 valence electrons. The van der Waals surface area contributed by atoms with Gasteiger partial charge in [-0.25, -0.2) is 4.68 Å². The van der Waals surface area contributed by atoms with Crippen LogP contribution in [0.5, 0.6) is 0 Å². The number of nitrogens with zero attached hydrogens (tertiary/aromatic N) is 3. The lowest BCUT2D eigenvalue weighted by Gasteiger charge is -2.26. The van der Waals surface area contributed by atoms with Crippen molar-refractivity contribution in [1.29, 1.82) is 0 Å². The summed E-state index contributed by atoms with van der Waals surface area (Å²) in [6.45, 7) is 4.53. The lowest BCUT2D eigenvalue weighted by Crippen LogP contribution is -2.30. The van der Waals surface area contributed by atoms with Crippen molar-refractivity contribution in [3.8, 4) is 5.69 Å². The van der Waals surface area contributed by atoms with Crippen LogP contribution >= 0.6 is 0 Å². The Morgan fingerprint density at radius 2 is 1.95 bits per heavy atom. The van der Waals surface area contributed by atoms with Crippen molar-refractivity contribution in [2.45, 2.75) is 25.7 Å². The van der Waals surface area contributed by atoms with Crippen molar-refractivity contribution in [2.75, 3.05) is 13.1 Å². The van der Waals surface area contributed by atoms with Crippen molar-refractivity contribution in [3.05, 3.63) is 42.2 Å². The molecule has 0 aliphatic carbocycles. The first-order valence-electron chi connectivity index (χ1n) is 7.03. The van der Waals surface area contributed by atoms with Gasteiger partial charge in [-0.3, -0.25) is 0 Å². The highest BCUT2D eigenvalue weighted by Crippen LogP contribution is 2.29. The number of nitrogens with one attached hydrogen (secondary N) is 1. The lowest BCUT2D eigenvalue weighted by molar-refractivity contribution is 0.326. The van der Waals surface area contributed by atoms with Crippen LogP contribution < -0.4 is 5.32 Å². The summed E-state index contributed by atoms with van der Waals surface area (Å²) in [4.78, 5) is 0. The summed E-state index contributed by atoms with van der Waals surface area (Å²) in [6, 6.07) is 10.2. The van der Waals surface area contributed by atoms with E-state index in [1.807, 2.05) is 35.0 Å². The fourth-order valence-corrected chi connectivity index (χ4v) is 2.78. The first-order chi connectivity index (χ1) is 9.34. The van der Waals surface area contributed by atoms with E-state index in [-0.39, 0.29) is 0 Å². The second-order valence-corrected chi connectivity index (χ2v) is 5.30. The standard InChI is InChI=1S/C15H20N4/c1-12(13-7-9-16-10-8-13)15-11-19(18-17-15)14-5-3-2-4-6-14/h2-6,11-13,16H,7-10H2,1H3. The van der Waals surface area contributed by atoms with E-state index in [2.05, 4.69) is 28.7 Å². The van der Waals surface area contributed by atoms with Crippen LogP contribution in [-0.2, 0) is 0 Å². The molecule has 1 aliphatic heterocycles. The molecule has 1 aliphatic rings. The van der Waals surface area contributed by atoms with E-state index in [4.69, 9.17) is 0 Å². The molecular weight excluding hydrogens is 236 g/mol. The second-order valence-electron chi connectivity index (χ2n) is 5.30. The Balaban J connectivity index is 1.77. The number of aromatic nitrogens is 3. The normalized spacial score (nSPS) is 18.4. The predicted octanol–water partition coefficient (Wildman–Crippen LogP) is 2.37. The maximum absolute atomic E-state index is 4.36. The van der Waals surface area contributed by atoms with Gasteiger partial charge in [-0.15, -0.1) is 5.10 Å². The van der Waals surface area contributed by atoms with Crippen molar-refractivity contribution in [3.63, 3.8) is 0 Å². The Morgan fingerprint density at radius 1 is 1.21 bits per heavy atom. The van der Waals surface area contributed by atoms with Crippen LogP contribution in [0.1, 0.15) is 31.4 Å². The largest absolute Gasteiger partial charge is 0.317 e. The molecule has 0 bridgehead atoms. The van der Waals surface area contributed by atoms with Crippen LogP contribution in [-0.4, -0.2) is 28.1 Å². The Morgan fingerprint density at radius 3 is 2.68 bits per heavy atom. The minimum Gasteiger partial charge on any atom is -0.317 e. The molecule has 1 aromatic heterocycles. The van der Waals surface area contributed by atoms with Gasteiger partial charge in [0.1, 0.15) is 0 Å². The molecular formula is C15H20N4. The van der Waals surface area contributed by atoms with Crippen molar-refractivity contribution in [1.82, 2.24) is 20.3 Å². The first-order valence-corrected chi connectivity index (χ1v) is 7.03. The highest BCUT2D eigenvalue weighted by atomic mass is 15.4. The molecule has 19 heavy (non-hydrogen) atoms. The summed E-state index contributed by atoms with van der Waals surface area (Å²) in [5.41, 5.74) is 2.18. The minimum atomic E-state index is 0.486. The average molecular weight is 256 g/mol. The van der Waals surface area contributed by atoms with E-state index in [1.54, 1.807) is 0 Å². The van der Waals surface area contributed by atoms with E-state index in [0.717, 1.165) is 30.4 Å². The molecule has 1 fully saturated rings. The Kier molecular flexibility index (Phi) is 3.60. The SMILES string of the molecule is CC(c1cn(-c2ccccc2)nn1)C1CCNCC1.